The zero-order valence-electron chi connectivity index (χ0n) is 10.2. The molecule has 2 rings (SSSR count). The quantitative estimate of drug-likeness (QED) is 0.746. The van der Waals surface area contributed by atoms with Crippen LogP contribution in [0.2, 0.25) is 5.02 Å². The van der Waals surface area contributed by atoms with Gasteiger partial charge < -0.3 is 0 Å². The number of hydrogen-bond acceptors (Lipinski definition) is 1. The summed E-state index contributed by atoms with van der Waals surface area (Å²) < 4.78 is 1.01. The monoisotopic (exact) mass is 311 g/mol. The number of nitrogens with zero attached hydrogens (tertiary/aromatic N) is 1. The number of benzene rings is 1. The van der Waals surface area contributed by atoms with Crippen LogP contribution < -0.4 is 0 Å². The number of aryl methyl sites for hydroxylation is 1. The van der Waals surface area contributed by atoms with Crippen LogP contribution in [-0.2, 0) is 6.42 Å². The fourth-order valence-electron chi connectivity index (χ4n) is 1.96. The lowest BCUT2D eigenvalue weighted by Crippen LogP contribution is -1.99. The molecule has 0 saturated carbocycles. The zero-order valence-corrected chi connectivity index (χ0v) is 12.6. The van der Waals surface area contributed by atoms with Crippen molar-refractivity contribution in [3.05, 3.63) is 39.0 Å². The SMILES string of the molecule is Cc1ccc(Br)c2c(Cl)cc(CC(C)C)nc12. The molecule has 1 heterocycles. The predicted octanol–water partition coefficient (Wildman–Crippen LogP) is 5.16. The molecule has 0 aliphatic rings. The Morgan fingerprint density at radius 2 is 2.06 bits per heavy atom. The number of aromatic nitrogens is 1. The molecule has 0 aliphatic heterocycles. The van der Waals surface area contributed by atoms with E-state index < -0.39 is 0 Å². The minimum atomic E-state index is 0.587. The summed E-state index contributed by atoms with van der Waals surface area (Å²) in [5.41, 5.74) is 3.23. The second-order valence-electron chi connectivity index (χ2n) is 4.78. The predicted molar refractivity (Wildman–Crippen MR) is 77.7 cm³/mol. The summed E-state index contributed by atoms with van der Waals surface area (Å²) in [4.78, 5) is 4.72. The normalized spacial score (nSPS) is 11.4. The maximum absolute atomic E-state index is 6.35. The van der Waals surface area contributed by atoms with Crippen LogP contribution in [-0.4, -0.2) is 4.98 Å². The highest BCUT2D eigenvalue weighted by Crippen LogP contribution is 2.32. The molecule has 0 aliphatic carbocycles. The molecule has 1 nitrogen and oxygen atoms in total. The van der Waals surface area contributed by atoms with Crippen molar-refractivity contribution in [1.82, 2.24) is 4.98 Å². The fourth-order valence-corrected chi connectivity index (χ4v) is 2.92. The number of hydrogen-bond donors (Lipinski definition) is 0. The van der Waals surface area contributed by atoms with Crippen LogP contribution in [0.25, 0.3) is 10.9 Å². The maximum Gasteiger partial charge on any atom is 0.0760 e. The van der Waals surface area contributed by atoms with E-state index in [1.54, 1.807) is 0 Å². The Hall–Kier alpha value is -0.600. The maximum atomic E-state index is 6.35. The second kappa shape index (κ2) is 4.95. The van der Waals surface area contributed by atoms with Crippen molar-refractivity contribution in [2.75, 3.05) is 0 Å². The van der Waals surface area contributed by atoms with Gasteiger partial charge in [-0.05, 0) is 37.0 Å². The van der Waals surface area contributed by atoms with E-state index >= 15 is 0 Å². The molecule has 2 aromatic rings. The molecule has 0 amide bonds. The van der Waals surface area contributed by atoms with Gasteiger partial charge in [-0.15, -0.1) is 0 Å². The topological polar surface area (TPSA) is 12.9 Å². The van der Waals surface area contributed by atoms with E-state index in [2.05, 4.69) is 42.8 Å². The highest BCUT2D eigenvalue weighted by Gasteiger charge is 2.10. The van der Waals surface area contributed by atoms with Crippen molar-refractivity contribution < 1.29 is 0 Å². The minimum Gasteiger partial charge on any atom is -0.252 e. The Morgan fingerprint density at radius 1 is 1.35 bits per heavy atom. The smallest absolute Gasteiger partial charge is 0.0760 e. The molecule has 0 spiro atoms. The first-order valence-electron chi connectivity index (χ1n) is 5.73. The number of rotatable bonds is 2. The Bertz CT molecular complexity index is 564. The van der Waals surface area contributed by atoms with Crippen molar-refractivity contribution in [3.63, 3.8) is 0 Å². The Kier molecular flexibility index (Phi) is 3.74. The van der Waals surface area contributed by atoms with Crippen LogP contribution in [0.3, 0.4) is 0 Å². The molecule has 0 radical (unpaired) electrons. The summed E-state index contributed by atoms with van der Waals surface area (Å²) in [7, 11) is 0. The van der Waals surface area contributed by atoms with Crippen molar-refractivity contribution in [2.24, 2.45) is 5.92 Å². The van der Waals surface area contributed by atoms with Gasteiger partial charge in [-0.1, -0.05) is 47.4 Å². The summed E-state index contributed by atoms with van der Waals surface area (Å²) in [6.07, 6.45) is 0.960. The lowest BCUT2D eigenvalue weighted by atomic mass is 10.1. The zero-order chi connectivity index (χ0) is 12.6. The molecule has 3 heteroatoms. The standard InChI is InChI=1S/C14H15BrClN/c1-8(2)6-10-7-12(16)13-11(15)5-4-9(3)14(13)17-10/h4-5,7-8H,6H2,1-3H3. The molecule has 0 unspecified atom stereocenters. The van der Waals surface area contributed by atoms with Crippen LogP contribution in [0.4, 0.5) is 0 Å². The first-order valence-corrected chi connectivity index (χ1v) is 6.90. The summed E-state index contributed by atoms with van der Waals surface area (Å²) in [6, 6.07) is 6.07. The van der Waals surface area contributed by atoms with Gasteiger partial charge in [0.15, 0.2) is 0 Å². The molecular formula is C14H15BrClN. The van der Waals surface area contributed by atoms with Crippen molar-refractivity contribution >= 4 is 38.4 Å². The lowest BCUT2D eigenvalue weighted by molar-refractivity contribution is 0.637. The second-order valence-corrected chi connectivity index (χ2v) is 6.04. The van der Waals surface area contributed by atoms with Gasteiger partial charge in [0, 0.05) is 15.6 Å². The molecule has 0 fully saturated rings. The molecule has 90 valence electrons. The summed E-state index contributed by atoms with van der Waals surface area (Å²) in [6.45, 7) is 6.44. The van der Waals surface area contributed by atoms with Gasteiger partial charge in [-0.2, -0.15) is 0 Å². The highest BCUT2D eigenvalue weighted by molar-refractivity contribution is 9.10. The van der Waals surface area contributed by atoms with E-state index in [1.807, 2.05) is 12.1 Å². The molecule has 0 bridgehead atoms. The Labute approximate surface area is 115 Å². The number of pyridine rings is 1. The van der Waals surface area contributed by atoms with E-state index in [9.17, 15) is 0 Å². The molecule has 1 aromatic carbocycles. The van der Waals surface area contributed by atoms with Crippen LogP contribution >= 0.6 is 27.5 Å². The lowest BCUT2D eigenvalue weighted by Gasteiger charge is -2.10. The average Bonchev–Trinajstić information content (AvgIpc) is 2.22. The van der Waals surface area contributed by atoms with Crippen molar-refractivity contribution in [2.45, 2.75) is 27.2 Å². The summed E-state index contributed by atoms with van der Waals surface area (Å²) in [5, 5.41) is 1.79. The molecule has 0 saturated heterocycles. The van der Waals surface area contributed by atoms with Crippen LogP contribution in [0.15, 0.2) is 22.7 Å². The van der Waals surface area contributed by atoms with E-state index in [4.69, 9.17) is 16.6 Å². The molecule has 1 aromatic heterocycles. The molecule has 0 atom stereocenters. The molecular weight excluding hydrogens is 298 g/mol. The first kappa shape index (κ1) is 12.8. The summed E-state index contributed by atoms with van der Waals surface area (Å²) >= 11 is 9.89. The van der Waals surface area contributed by atoms with Gasteiger partial charge in [0.05, 0.1) is 10.5 Å². The number of fused-ring (bicyclic) bond motifs is 1. The summed E-state index contributed by atoms with van der Waals surface area (Å²) in [5.74, 6) is 0.587. The third kappa shape index (κ3) is 2.63. The average molecular weight is 313 g/mol. The van der Waals surface area contributed by atoms with Crippen molar-refractivity contribution in [3.8, 4) is 0 Å². The van der Waals surface area contributed by atoms with Gasteiger partial charge in [0.2, 0.25) is 0 Å². The van der Waals surface area contributed by atoms with Gasteiger partial charge in [0.25, 0.3) is 0 Å². The molecule has 0 N–H and O–H groups in total. The molecule has 17 heavy (non-hydrogen) atoms. The third-order valence-electron chi connectivity index (χ3n) is 2.73. The fraction of sp³-hybridized carbons (Fsp3) is 0.357. The van der Waals surface area contributed by atoms with E-state index in [1.165, 1.54) is 0 Å². The number of halogens is 2. The minimum absolute atomic E-state index is 0.587. The van der Waals surface area contributed by atoms with Gasteiger partial charge in [0.1, 0.15) is 0 Å². The largest absolute Gasteiger partial charge is 0.252 e. The Balaban J connectivity index is 2.68. The van der Waals surface area contributed by atoms with E-state index in [0.29, 0.717) is 5.92 Å². The third-order valence-corrected chi connectivity index (χ3v) is 3.69. The Morgan fingerprint density at radius 3 is 2.71 bits per heavy atom. The van der Waals surface area contributed by atoms with Gasteiger partial charge >= 0.3 is 0 Å². The van der Waals surface area contributed by atoms with Gasteiger partial charge in [-0.3, -0.25) is 4.98 Å². The van der Waals surface area contributed by atoms with E-state index in [0.717, 1.165) is 38.1 Å². The van der Waals surface area contributed by atoms with E-state index in [-0.39, 0.29) is 0 Å². The first-order chi connectivity index (χ1) is 7.99. The highest BCUT2D eigenvalue weighted by atomic mass is 79.9. The van der Waals surface area contributed by atoms with Crippen LogP contribution in [0, 0.1) is 12.8 Å². The van der Waals surface area contributed by atoms with Crippen LogP contribution in [0.5, 0.6) is 0 Å². The van der Waals surface area contributed by atoms with Crippen LogP contribution in [0.1, 0.15) is 25.1 Å². The van der Waals surface area contributed by atoms with Gasteiger partial charge in [-0.25, -0.2) is 0 Å². The van der Waals surface area contributed by atoms with Crippen molar-refractivity contribution in [1.29, 1.82) is 0 Å².